The number of fused-ring (bicyclic) bond motifs is 1. The van der Waals surface area contributed by atoms with Crippen molar-refractivity contribution in [3.63, 3.8) is 0 Å². The maximum atomic E-state index is 5.78. The van der Waals surface area contributed by atoms with Gasteiger partial charge < -0.3 is 4.74 Å². The Hall–Kier alpha value is -2.36. The molecule has 0 amide bonds. The molecule has 1 heterocycles. The van der Waals surface area contributed by atoms with Crippen molar-refractivity contribution in [3.05, 3.63) is 53.1 Å². The minimum Gasteiger partial charge on any atom is -0.494 e. The van der Waals surface area contributed by atoms with E-state index in [1.165, 1.54) is 16.7 Å². The van der Waals surface area contributed by atoms with Gasteiger partial charge in [0.15, 0.2) is 0 Å². The Morgan fingerprint density at radius 3 is 2.65 bits per heavy atom. The van der Waals surface area contributed by atoms with E-state index in [1.54, 1.807) is 0 Å². The monoisotopic (exact) mass is 309 g/mol. The number of rotatable bonds is 6. The first-order chi connectivity index (χ1) is 11.1. The second-order valence-corrected chi connectivity index (χ2v) is 6.11. The van der Waals surface area contributed by atoms with E-state index in [0.29, 0.717) is 0 Å². The highest BCUT2D eigenvalue weighted by molar-refractivity contribution is 5.76. The van der Waals surface area contributed by atoms with Gasteiger partial charge in [-0.15, -0.1) is 5.10 Å². The molecule has 120 valence electrons. The van der Waals surface area contributed by atoms with E-state index >= 15 is 0 Å². The van der Waals surface area contributed by atoms with Crippen LogP contribution in [0.2, 0.25) is 0 Å². The first kappa shape index (κ1) is 15.5. The van der Waals surface area contributed by atoms with Crippen molar-refractivity contribution in [3.8, 4) is 5.75 Å². The van der Waals surface area contributed by atoms with E-state index in [-0.39, 0.29) is 0 Å². The zero-order valence-corrected chi connectivity index (χ0v) is 14.0. The largest absolute Gasteiger partial charge is 0.494 e. The number of aryl methyl sites for hydroxylation is 4. The van der Waals surface area contributed by atoms with Gasteiger partial charge in [0.1, 0.15) is 11.3 Å². The number of aromatic nitrogens is 3. The maximum Gasteiger partial charge on any atom is 0.119 e. The molecule has 0 spiro atoms. The molecule has 4 nitrogen and oxygen atoms in total. The summed E-state index contributed by atoms with van der Waals surface area (Å²) >= 11 is 0. The van der Waals surface area contributed by atoms with Crippen molar-refractivity contribution in [1.29, 1.82) is 0 Å². The summed E-state index contributed by atoms with van der Waals surface area (Å²) in [5.41, 5.74) is 5.86. The average molecular weight is 309 g/mol. The van der Waals surface area contributed by atoms with Crippen molar-refractivity contribution in [2.75, 3.05) is 6.61 Å². The second kappa shape index (κ2) is 6.82. The van der Waals surface area contributed by atoms with Gasteiger partial charge in [0.05, 0.1) is 12.1 Å². The van der Waals surface area contributed by atoms with Gasteiger partial charge >= 0.3 is 0 Å². The molecule has 0 aliphatic heterocycles. The SMILES string of the molecule is Cc1cccc(OCCCCn2nnc3cc(C)c(C)cc32)c1. The molecular weight excluding hydrogens is 286 g/mol. The number of hydrogen-bond acceptors (Lipinski definition) is 3. The molecule has 4 heteroatoms. The molecule has 0 aliphatic carbocycles. The summed E-state index contributed by atoms with van der Waals surface area (Å²) in [6, 6.07) is 12.4. The molecule has 0 atom stereocenters. The summed E-state index contributed by atoms with van der Waals surface area (Å²) in [6.07, 6.45) is 2.03. The van der Waals surface area contributed by atoms with E-state index in [2.05, 4.69) is 55.3 Å². The molecule has 0 saturated heterocycles. The summed E-state index contributed by atoms with van der Waals surface area (Å²) in [5.74, 6) is 0.947. The topological polar surface area (TPSA) is 39.9 Å². The van der Waals surface area contributed by atoms with Gasteiger partial charge in [-0.1, -0.05) is 17.3 Å². The zero-order valence-electron chi connectivity index (χ0n) is 14.0. The van der Waals surface area contributed by atoms with Gasteiger partial charge in [-0.25, -0.2) is 4.68 Å². The summed E-state index contributed by atoms with van der Waals surface area (Å²) in [4.78, 5) is 0. The summed E-state index contributed by atoms with van der Waals surface area (Å²) < 4.78 is 7.78. The number of hydrogen-bond donors (Lipinski definition) is 0. The van der Waals surface area contributed by atoms with E-state index in [0.717, 1.165) is 42.8 Å². The second-order valence-electron chi connectivity index (χ2n) is 6.11. The van der Waals surface area contributed by atoms with Crippen molar-refractivity contribution in [2.24, 2.45) is 0 Å². The van der Waals surface area contributed by atoms with E-state index in [4.69, 9.17) is 4.74 Å². The van der Waals surface area contributed by atoms with Crippen LogP contribution in [0.15, 0.2) is 36.4 Å². The first-order valence-corrected chi connectivity index (χ1v) is 8.13. The Bertz CT molecular complexity index is 807. The highest BCUT2D eigenvalue weighted by atomic mass is 16.5. The van der Waals surface area contributed by atoms with Crippen molar-refractivity contribution >= 4 is 11.0 Å². The van der Waals surface area contributed by atoms with Gasteiger partial charge in [-0.3, -0.25) is 0 Å². The number of unbranched alkanes of at least 4 members (excludes halogenated alkanes) is 1. The minimum atomic E-state index is 0.730. The molecular formula is C19H23N3O. The predicted molar refractivity (Wildman–Crippen MR) is 92.9 cm³/mol. The molecule has 1 aromatic heterocycles. The molecule has 3 aromatic rings. The summed E-state index contributed by atoms with van der Waals surface area (Å²) in [6.45, 7) is 7.91. The van der Waals surface area contributed by atoms with Crippen molar-refractivity contribution in [2.45, 2.75) is 40.2 Å². The number of benzene rings is 2. The lowest BCUT2D eigenvalue weighted by Gasteiger charge is -2.07. The van der Waals surface area contributed by atoms with Crippen LogP contribution < -0.4 is 4.74 Å². The highest BCUT2D eigenvalue weighted by Crippen LogP contribution is 2.18. The lowest BCUT2D eigenvalue weighted by atomic mass is 10.1. The van der Waals surface area contributed by atoms with Crippen LogP contribution in [-0.2, 0) is 6.54 Å². The smallest absolute Gasteiger partial charge is 0.119 e. The third kappa shape index (κ3) is 3.70. The molecule has 0 radical (unpaired) electrons. The fourth-order valence-electron chi connectivity index (χ4n) is 2.65. The van der Waals surface area contributed by atoms with Crippen molar-refractivity contribution in [1.82, 2.24) is 15.0 Å². The zero-order chi connectivity index (χ0) is 16.2. The Morgan fingerprint density at radius 1 is 1.00 bits per heavy atom. The Morgan fingerprint density at radius 2 is 1.83 bits per heavy atom. The highest BCUT2D eigenvalue weighted by Gasteiger charge is 2.06. The summed E-state index contributed by atoms with van der Waals surface area (Å²) in [7, 11) is 0. The fraction of sp³-hybridized carbons (Fsp3) is 0.368. The van der Waals surface area contributed by atoms with Crippen molar-refractivity contribution < 1.29 is 4.74 Å². The van der Waals surface area contributed by atoms with Crippen LogP contribution in [0.25, 0.3) is 11.0 Å². The minimum absolute atomic E-state index is 0.730. The Labute approximate surface area is 137 Å². The third-order valence-corrected chi connectivity index (χ3v) is 4.15. The van der Waals surface area contributed by atoms with Crippen LogP contribution in [0, 0.1) is 20.8 Å². The molecule has 2 aromatic carbocycles. The Kier molecular flexibility index (Phi) is 4.60. The molecule has 0 N–H and O–H groups in total. The Balaban J connectivity index is 1.52. The van der Waals surface area contributed by atoms with Gasteiger partial charge in [-0.05, 0) is 74.6 Å². The molecule has 0 unspecified atom stereocenters. The molecule has 3 rings (SSSR count). The van der Waals surface area contributed by atoms with E-state index in [1.807, 2.05) is 16.8 Å². The maximum absolute atomic E-state index is 5.78. The molecule has 23 heavy (non-hydrogen) atoms. The molecule has 0 saturated carbocycles. The van der Waals surface area contributed by atoms with E-state index < -0.39 is 0 Å². The van der Waals surface area contributed by atoms with Gasteiger partial charge in [0.25, 0.3) is 0 Å². The van der Waals surface area contributed by atoms with Crippen LogP contribution in [0.3, 0.4) is 0 Å². The molecule has 0 aliphatic rings. The lowest BCUT2D eigenvalue weighted by Crippen LogP contribution is -2.04. The average Bonchev–Trinajstić information content (AvgIpc) is 2.90. The molecule has 0 bridgehead atoms. The van der Waals surface area contributed by atoms with Crippen LogP contribution in [0.1, 0.15) is 29.5 Å². The van der Waals surface area contributed by atoms with Crippen LogP contribution in [-0.4, -0.2) is 21.6 Å². The summed E-state index contributed by atoms with van der Waals surface area (Å²) in [5, 5.41) is 8.53. The van der Waals surface area contributed by atoms with Gasteiger partial charge in [-0.2, -0.15) is 0 Å². The quantitative estimate of drug-likeness (QED) is 0.640. The first-order valence-electron chi connectivity index (χ1n) is 8.13. The van der Waals surface area contributed by atoms with Gasteiger partial charge in [0, 0.05) is 6.54 Å². The van der Waals surface area contributed by atoms with Crippen LogP contribution >= 0.6 is 0 Å². The third-order valence-electron chi connectivity index (χ3n) is 4.15. The molecule has 0 fully saturated rings. The lowest BCUT2D eigenvalue weighted by molar-refractivity contribution is 0.302. The predicted octanol–water partition coefficient (Wildman–Crippen LogP) is 4.22. The fourth-order valence-corrected chi connectivity index (χ4v) is 2.65. The standard InChI is InChI=1S/C19H23N3O/c1-14-7-6-8-17(11-14)23-10-5-4-9-22-19-13-16(3)15(2)12-18(19)20-21-22/h6-8,11-13H,4-5,9-10H2,1-3H3. The number of ether oxygens (including phenoxy) is 1. The normalized spacial score (nSPS) is 11.1. The number of nitrogens with zero attached hydrogens (tertiary/aromatic N) is 3. The van der Waals surface area contributed by atoms with E-state index in [9.17, 15) is 0 Å². The van der Waals surface area contributed by atoms with Crippen LogP contribution in [0.4, 0.5) is 0 Å². The van der Waals surface area contributed by atoms with Gasteiger partial charge in [0.2, 0.25) is 0 Å². The van der Waals surface area contributed by atoms with Crippen LogP contribution in [0.5, 0.6) is 5.75 Å².